The molecular weight excluding hydrogens is 208 g/mol. The Morgan fingerprint density at radius 1 is 1.53 bits per heavy atom. The molecule has 0 spiro atoms. The van der Waals surface area contributed by atoms with Crippen molar-refractivity contribution in [2.24, 2.45) is 11.8 Å². The van der Waals surface area contributed by atoms with Gasteiger partial charge in [0.25, 0.3) is 0 Å². The average Bonchev–Trinajstić information content (AvgIpc) is 2.94. The first-order chi connectivity index (χ1) is 7.20. The van der Waals surface area contributed by atoms with Crippen LogP contribution in [0.25, 0.3) is 0 Å². The Balaban J connectivity index is 1.95. The quantitative estimate of drug-likeness (QED) is 0.732. The van der Waals surface area contributed by atoms with E-state index >= 15 is 0 Å². The number of nitrogens with zero attached hydrogens (tertiary/aromatic N) is 2. The molecule has 1 aromatic heterocycles. The van der Waals surface area contributed by atoms with Gasteiger partial charge in [-0.05, 0) is 29.9 Å². The molecule has 1 aliphatic rings. The molecule has 1 saturated carbocycles. The fourth-order valence-corrected chi connectivity index (χ4v) is 1.98. The first kappa shape index (κ1) is 10.7. The number of hydrogen-bond acceptors (Lipinski definition) is 2. The number of rotatable bonds is 4. The summed E-state index contributed by atoms with van der Waals surface area (Å²) in [5, 5.41) is 0. The molecule has 3 heteroatoms. The van der Waals surface area contributed by atoms with Gasteiger partial charge >= 0.3 is 0 Å². The number of hydrogen-bond donors (Lipinski definition) is 0. The van der Waals surface area contributed by atoms with Crippen LogP contribution < -0.4 is 4.90 Å². The molecular formula is C12H17ClN2. The maximum atomic E-state index is 5.72. The summed E-state index contributed by atoms with van der Waals surface area (Å²) in [6.45, 7) is 3.43. The van der Waals surface area contributed by atoms with Gasteiger partial charge in [-0.2, -0.15) is 0 Å². The number of pyridine rings is 1. The SMILES string of the molecule is CC1CC1CN(C)c1ccc(CCl)cn1. The molecule has 0 aromatic carbocycles. The summed E-state index contributed by atoms with van der Waals surface area (Å²) in [5.41, 5.74) is 1.08. The second-order valence-corrected chi connectivity index (χ2v) is 4.78. The molecule has 1 fully saturated rings. The maximum Gasteiger partial charge on any atom is 0.128 e. The molecule has 2 atom stereocenters. The Labute approximate surface area is 96.3 Å². The third-order valence-electron chi connectivity index (χ3n) is 3.14. The van der Waals surface area contributed by atoms with Crippen LogP contribution >= 0.6 is 11.6 Å². The fourth-order valence-electron chi connectivity index (χ4n) is 1.82. The van der Waals surface area contributed by atoms with Gasteiger partial charge in [-0.1, -0.05) is 13.0 Å². The van der Waals surface area contributed by atoms with Gasteiger partial charge in [-0.25, -0.2) is 4.98 Å². The molecule has 2 rings (SSSR count). The van der Waals surface area contributed by atoms with E-state index in [1.165, 1.54) is 6.42 Å². The third-order valence-corrected chi connectivity index (χ3v) is 3.45. The van der Waals surface area contributed by atoms with Crippen molar-refractivity contribution in [1.82, 2.24) is 4.98 Å². The molecule has 2 unspecified atom stereocenters. The molecule has 82 valence electrons. The van der Waals surface area contributed by atoms with Crippen molar-refractivity contribution in [1.29, 1.82) is 0 Å². The van der Waals surface area contributed by atoms with E-state index in [0.29, 0.717) is 5.88 Å². The van der Waals surface area contributed by atoms with Crippen LogP contribution in [-0.2, 0) is 5.88 Å². The predicted octanol–water partition coefficient (Wildman–Crippen LogP) is 2.91. The minimum Gasteiger partial charge on any atom is -0.359 e. The average molecular weight is 225 g/mol. The number of halogens is 1. The van der Waals surface area contributed by atoms with Crippen LogP contribution in [0.15, 0.2) is 18.3 Å². The summed E-state index contributed by atoms with van der Waals surface area (Å²) >= 11 is 5.72. The largest absolute Gasteiger partial charge is 0.359 e. The molecule has 15 heavy (non-hydrogen) atoms. The number of anilines is 1. The standard InChI is InChI=1S/C12H17ClN2/c1-9-5-11(9)8-15(2)12-4-3-10(6-13)7-14-12/h3-4,7,9,11H,5-6,8H2,1-2H3. The van der Waals surface area contributed by atoms with Crippen LogP contribution in [0, 0.1) is 11.8 Å². The van der Waals surface area contributed by atoms with Crippen LogP contribution in [0.1, 0.15) is 18.9 Å². The predicted molar refractivity (Wildman–Crippen MR) is 64.3 cm³/mol. The second-order valence-electron chi connectivity index (χ2n) is 4.51. The first-order valence-corrected chi connectivity index (χ1v) is 5.96. The van der Waals surface area contributed by atoms with E-state index in [1.54, 1.807) is 0 Å². The highest BCUT2D eigenvalue weighted by Crippen LogP contribution is 2.38. The van der Waals surface area contributed by atoms with E-state index in [-0.39, 0.29) is 0 Å². The van der Waals surface area contributed by atoms with Crippen molar-refractivity contribution in [2.45, 2.75) is 19.2 Å². The minimum atomic E-state index is 0.538. The van der Waals surface area contributed by atoms with Crippen molar-refractivity contribution in [3.63, 3.8) is 0 Å². The van der Waals surface area contributed by atoms with E-state index in [4.69, 9.17) is 11.6 Å². The highest BCUT2D eigenvalue weighted by atomic mass is 35.5. The highest BCUT2D eigenvalue weighted by molar-refractivity contribution is 6.17. The van der Waals surface area contributed by atoms with Gasteiger partial charge < -0.3 is 4.90 Å². The second kappa shape index (κ2) is 4.40. The lowest BCUT2D eigenvalue weighted by atomic mass is 10.3. The molecule has 0 amide bonds. The van der Waals surface area contributed by atoms with Crippen molar-refractivity contribution < 1.29 is 0 Å². The molecule has 0 N–H and O–H groups in total. The molecule has 0 aliphatic heterocycles. The van der Waals surface area contributed by atoms with E-state index in [9.17, 15) is 0 Å². The van der Waals surface area contributed by atoms with Crippen LogP contribution in [0.2, 0.25) is 0 Å². The van der Waals surface area contributed by atoms with Gasteiger partial charge in [0.05, 0.1) is 0 Å². The van der Waals surface area contributed by atoms with Crippen molar-refractivity contribution in [3.05, 3.63) is 23.9 Å². The first-order valence-electron chi connectivity index (χ1n) is 5.42. The normalized spacial score (nSPS) is 23.9. The third kappa shape index (κ3) is 2.63. The van der Waals surface area contributed by atoms with Crippen LogP contribution in [0.3, 0.4) is 0 Å². The lowest BCUT2D eigenvalue weighted by Gasteiger charge is -2.17. The lowest BCUT2D eigenvalue weighted by Crippen LogP contribution is -2.21. The van der Waals surface area contributed by atoms with E-state index in [1.807, 2.05) is 18.3 Å². The fraction of sp³-hybridized carbons (Fsp3) is 0.583. The van der Waals surface area contributed by atoms with Gasteiger partial charge in [0.2, 0.25) is 0 Å². The Bertz CT molecular complexity index is 323. The van der Waals surface area contributed by atoms with Gasteiger partial charge in [-0.3, -0.25) is 0 Å². The highest BCUT2D eigenvalue weighted by Gasteiger charge is 2.33. The van der Waals surface area contributed by atoms with Crippen LogP contribution in [-0.4, -0.2) is 18.6 Å². The van der Waals surface area contributed by atoms with Crippen LogP contribution in [0.5, 0.6) is 0 Å². The smallest absolute Gasteiger partial charge is 0.128 e. The zero-order chi connectivity index (χ0) is 10.8. The van der Waals surface area contributed by atoms with E-state index in [0.717, 1.165) is 29.8 Å². The zero-order valence-electron chi connectivity index (χ0n) is 9.28. The Morgan fingerprint density at radius 3 is 2.73 bits per heavy atom. The monoisotopic (exact) mass is 224 g/mol. The number of alkyl halides is 1. The summed E-state index contributed by atoms with van der Waals surface area (Å²) in [5.74, 6) is 3.35. The van der Waals surface area contributed by atoms with E-state index < -0.39 is 0 Å². The summed E-state index contributed by atoms with van der Waals surface area (Å²) < 4.78 is 0. The maximum absolute atomic E-state index is 5.72. The zero-order valence-corrected chi connectivity index (χ0v) is 10.0. The molecule has 0 radical (unpaired) electrons. The van der Waals surface area contributed by atoms with Crippen molar-refractivity contribution in [2.75, 3.05) is 18.5 Å². The summed E-state index contributed by atoms with van der Waals surface area (Å²) in [7, 11) is 2.10. The van der Waals surface area contributed by atoms with Crippen molar-refractivity contribution in [3.8, 4) is 0 Å². The Hall–Kier alpha value is -0.760. The van der Waals surface area contributed by atoms with E-state index in [2.05, 4.69) is 23.9 Å². The van der Waals surface area contributed by atoms with Gasteiger partial charge in [-0.15, -0.1) is 11.6 Å². The number of aromatic nitrogens is 1. The molecule has 0 saturated heterocycles. The molecule has 1 aliphatic carbocycles. The Morgan fingerprint density at radius 2 is 2.27 bits per heavy atom. The molecule has 2 nitrogen and oxygen atoms in total. The summed E-state index contributed by atoms with van der Waals surface area (Å²) in [6.07, 6.45) is 3.22. The van der Waals surface area contributed by atoms with Gasteiger partial charge in [0.15, 0.2) is 0 Å². The topological polar surface area (TPSA) is 16.1 Å². The lowest BCUT2D eigenvalue weighted by molar-refractivity contribution is 0.719. The van der Waals surface area contributed by atoms with Gasteiger partial charge in [0, 0.05) is 25.7 Å². The summed E-state index contributed by atoms with van der Waals surface area (Å²) in [4.78, 5) is 6.63. The molecule has 1 aromatic rings. The minimum absolute atomic E-state index is 0.538. The van der Waals surface area contributed by atoms with Crippen LogP contribution in [0.4, 0.5) is 5.82 Å². The summed E-state index contributed by atoms with van der Waals surface area (Å²) in [6, 6.07) is 4.09. The Kier molecular flexibility index (Phi) is 3.15. The molecule has 1 heterocycles. The van der Waals surface area contributed by atoms with Crippen molar-refractivity contribution >= 4 is 17.4 Å². The molecule has 0 bridgehead atoms. The van der Waals surface area contributed by atoms with Gasteiger partial charge in [0.1, 0.15) is 5.82 Å².